The van der Waals surface area contributed by atoms with E-state index in [1.165, 1.54) is 12.1 Å². The van der Waals surface area contributed by atoms with Crippen molar-refractivity contribution >= 4 is 17.7 Å². The minimum absolute atomic E-state index is 0.131. The van der Waals surface area contributed by atoms with Gasteiger partial charge in [0.25, 0.3) is 0 Å². The van der Waals surface area contributed by atoms with Gasteiger partial charge in [-0.05, 0) is 36.3 Å². The highest BCUT2D eigenvalue weighted by molar-refractivity contribution is 7.98. The monoisotopic (exact) mass is 310 g/mol. The Morgan fingerprint density at radius 2 is 2.19 bits per heavy atom. The van der Waals surface area contributed by atoms with Crippen LogP contribution in [0.3, 0.4) is 0 Å². The van der Waals surface area contributed by atoms with Crippen LogP contribution in [-0.4, -0.2) is 35.4 Å². The third-order valence-corrected chi connectivity index (χ3v) is 4.25. The smallest absolute Gasteiger partial charge is 0.241 e. The molecule has 21 heavy (non-hydrogen) atoms. The molecule has 1 saturated heterocycles. The molecule has 0 aliphatic carbocycles. The van der Waals surface area contributed by atoms with E-state index < -0.39 is 0 Å². The van der Waals surface area contributed by atoms with Crippen LogP contribution in [-0.2, 0) is 4.79 Å². The fraction of sp³-hybridized carbons (Fsp3) is 0.562. The summed E-state index contributed by atoms with van der Waals surface area (Å²) in [5.74, 6) is 1.19. The number of amides is 1. The summed E-state index contributed by atoms with van der Waals surface area (Å²) >= 11 is 1.71. The first kappa shape index (κ1) is 16.3. The van der Waals surface area contributed by atoms with Gasteiger partial charge in [-0.2, -0.15) is 11.8 Å². The van der Waals surface area contributed by atoms with Gasteiger partial charge in [0.1, 0.15) is 12.0 Å². The number of nitrogens with one attached hydrogen (secondary N) is 1. The van der Waals surface area contributed by atoms with Crippen LogP contribution in [0.2, 0.25) is 0 Å². The molecule has 2 rings (SSSR count). The topological polar surface area (TPSA) is 32.3 Å². The standard InChI is InChI=1S/C16H23FN2OS/c1-11(2)9-14-16(20)19(7-8-21-3)15(18-14)12-5-4-6-13(17)10-12/h4-6,10-11,14-15,18H,7-9H2,1-3H3. The van der Waals surface area contributed by atoms with Crippen molar-refractivity contribution in [3.63, 3.8) is 0 Å². The molecule has 3 nitrogen and oxygen atoms in total. The molecule has 5 heteroatoms. The maximum Gasteiger partial charge on any atom is 0.241 e. The second-order valence-corrected chi connectivity index (χ2v) is 6.82. The fourth-order valence-corrected chi connectivity index (χ4v) is 3.08. The normalized spacial score (nSPS) is 22.3. The number of carbonyl (C=O) groups excluding carboxylic acids is 1. The first-order valence-corrected chi connectivity index (χ1v) is 8.73. The van der Waals surface area contributed by atoms with Gasteiger partial charge in [-0.3, -0.25) is 10.1 Å². The highest BCUT2D eigenvalue weighted by Gasteiger charge is 2.39. The van der Waals surface area contributed by atoms with Gasteiger partial charge in [0, 0.05) is 12.3 Å². The first-order valence-electron chi connectivity index (χ1n) is 7.34. The molecule has 0 saturated carbocycles. The number of carbonyl (C=O) groups is 1. The minimum Gasteiger partial charge on any atom is -0.321 e. The molecule has 0 spiro atoms. The zero-order chi connectivity index (χ0) is 15.4. The number of hydrogen-bond acceptors (Lipinski definition) is 3. The van der Waals surface area contributed by atoms with Crippen LogP contribution >= 0.6 is 11.8 Å². The van der Waals surface area contributed by atoms with E-state index in [9.17, 15) is 9.18 Å². The SMILES string of the molecule is CSCCN1C(=O)C(CC(C)C)NC1c1cccc(F)c1. The second kappa shape index (κ2) is 7.27. The van der Waals surface area contributed by atoms with Crippen molar-refractivity contribution in [3.8, 4) is 0 Å². The average Bonchev–Trinajstić information content (AvgIpc) is 2.73. The molecular formula is C16H23FN2OS. The highest BCUT2D eigenvalue weighted by atomic mass is 32.2. The Hall–Kier alpha value is -1.07. The summed E-state index contributed by atoms with van der Waals surface area (Å²) in [5.41, 5.74) is 0.815. The minimum atomic E-state index is -0.265. The molecule has 2 atom stereocenters. The predicted octanol–water partition coefficient (Wildman–Crippen LogP) is 3.03. The van der Waals surface area contributed by atoms with Crippen molar-refractivity contribution < 1.29 is 9.18 Å². The van der Waals surface area contributed by atoms with Crippen molar-refractivity contribution in [3.05, 3.63) is 35.6 Å². The molecule has 1 aromatic carbocycles. The zero-order valence-electron chi connectivity index (χ0n) is 12.8. The van der Waals surface area contributed by atoms with Gasteiger partial charge in [0.15, 0.2) is 0 Å². The van der Waals surface area contributed by atoms with Crippen LogP contribution in [0.5, 0.6) is 0 Å². The van der Waals surface area contributed by atoms with E-state index in [2.05, 4.69) is 19.2 Å². The lowest BCUT2D eigenvalue weighted by Crippen LogP contribution is -2.33. The van der Waals surface area contributed by atoms with Crippen LogP contribution in [0.15, 0.2) is 24.3 Å². The average molecular weight is 310 g/mol. The van der Waals surface area contributed by atoms with Gasteiger partial charge < -0.3 is 4.90 Å². The van der Waals surface area contributed by atoms with Crippen molar-refractivity contribution in [2.75, 3.05) is 18.6 Å². The Bertz CT molecular complexity index is 495. The summed E-state index contributed by atoms with van der Waals surface area (Å²) in [6, 6.07) is 6.34. The summed E-state index contributed by atoms with van der Waals surface area (Å²) in [5, 5.41) is 3.38. The number of halogens is 1. The molecule has 1 N–H and O–H groups in total. The highest BCUT2D eigenvalue weighted by Crippen LogP contribution is 2.28. The molecule has 1 heterocycles. The third-order valence-electron chi connectivity index (χ3n) is 3.66. The maximum atomic E-state index is 13.5. The number of hydrogen-bond donors (Lipinski definition) is 1. The zero-order valence-corrected chi connectivity index (χ0v) is 13.6. The Labute approximate surface area is 130 Å². The van der Waals surface area contributed by atoms with E-state index in [4.69, 9.17) is 0 Å². The lowest BCUT2D eigenvalue weighted by Gasteiger charge is -2.24. The number of benzene rings is 1. The largest absolute Gasteiger partial charge is 0.321 e. The molecule has 0 radical (unpaired) electrons. The van der Waals surface area contributed by atoms with Crippen LogP contribution in [0.25, 0.3) is 0 Å². The van der Waals surface area contributed by atoms with E-state index in [1.54, 1.807) is 17.8 Å². The van der Waals surface area contributed by atoms with E-state index in [1.807, 2.05) is 17.2 Å². The summed E-state index contributed by atoms with van der Waals surface area (Å²) in [6.45, 7) is 4.90. The van der Waals surface area contributed by atoms with E-state index in [0.29, 0.717) is 12.5 Å². The Morgan fingerprint density at radius 1 is 1.43 bits per heavy atom. The Balaban J connectivity index is 2.21. The molecule has 116 valence electrons. The van der Waals surface area contributed by atoms with Crippen LogP contribution in [0.1, 0.15) is 32.0 Å². The maximum absolute atomic E-state index is 13.5. The third kappa shape index (κ3) is 3.98. The summed E-state index contributed by atoms with van der Waals surface area (Å²) in [4.78, 5) is 14.4. The van der Waals surface area contributed by atoms with Crippen LogP contribution in [0.4, 0.5) is 4.39 Å². The fourth-order valence-electron chi connectivity index (χ4n) is 2.70. The number of rotatable bonds is 6. The molecule has 1 amide bonds. The van der Waals surface area contributed by atoms with E-state index in [0.717, 1.165) is 17.7 Å². The van der Waals surface area contributed by atoms with E-state index in [-0.39, 0.29) is 23.9 Å². The molecular weight excluding hydrogens is 287 g/mol. The van der Waals surface area contributed by atoms with Crippen molar-refractivity contribution in [1.29, 1.82) is 0 Å². The quantitative estimate of drug-likeness (QED) is 0.876. The lowest BCUT2D eigenvalue weighted by atomic mass is 10.0. The van der Waals surface area contributed by atoms with E-state index >= 15 is 0 Å². The van der Waals surface area contributed by atoms with Crippen LogP contribution in [0, 0.1) is 11.7 Å². The lowest BCUT2D eigenvalue weighted by molar-refractivity contribution is -0.130. The van der Waals surface area contributed by atoms with Gasteiger partial charge in [-0.1, -0.05) is 26.0 Å². The summed E-state index contributed by atoms with van der Waals surface area (Å²) < 4.78 is 13.5. The molecule has 1 aliphatic heterocycles. The van der Waals surface area contributed by atoms with Crippen LogP contribution < -0.4 is 5.32 Å². The molecule has 1 aliphatic rings. The number of nitrogens with zero attached hydrogens (tertiary/aromatic N) is 1. The number of thioether (sulfide) groups is 1. The van der Waals surface area contributed by atoms with Gasteiger partial charge in [-0.25, -0.2) is 4.39 Å². The van der Waals surface area contributed by atoms with Crippen molar-refractivity contribution in [2.24, 2.45) is 5.92 Å². The van der Waals surface area contributed by atoms with Gasteiger partial charge >= 0.3 is 0 Å². The first-order chi connectivity index (χ1) is 10.0. The van der Waals surface area contributed by atoms with Gasteiger partial charge in [-0.15, -0.1) is 0 Å². The predicted molar refractivity (Wildman–Crippen MR) is 85.6 cm³/mol. The molecule has 1 aromatic rings. The Kier molecular flexibility index (Phi) is 5.65. The van der Waals surface area contributed by atoms with Gasteiger partial charge in [0.05, 0.1) is 6.04 Å². The molecule has 1 fully saturated rings. The second-order valence-electron chi connectivity index (χ2n) is 5.83. The molecule has 2 unspecified atom stereocenters. The summed E-state index contributed by atoms with van der Waals surface area (Å²) in [7, 11) is 0. The molecule has 0 aromatic heterocycles. The summed E-state index contributed by atoms with van der Waals surface area (Å²) in [6.07, 6.45) is 2.61. The van der Waals surface area contributed by atoms with Gasteiger partial charge in [0.2, 0.25) is 5.91 Å². The molecule has 0 bridgehead atoms. The van der Waals surface area contributed by atoms with Crippen molar-refractivity contribution in [1.82, 2.24) is 10.2 Å². The Morgan fingerprint density at radius 3 is 2.81 bits per heavy atom. The van der Waals surface area contributed by atoms with Crippen molar-refractivity contribution in [2.45, 2.75) is 32.5 Å².